The minimum absolute atomic E-state index is 0.00762. The zero-order valence-corrected chi connectivity index (χ0v) is 13.2. The summed E-state index contributed by atoms with van der Waals surface area (Å²) in [6, 6.07) is 0.402. The number of hydrogen-bond acceptors (Lipinski definition) is 9. The number of ether oxygens (including phenoxy) is 1. The zero-order valence-electron chi connectivity index (χ0n) is 13.2. The summed E-state index contributed by atoms with van der Waals surface area (Å²) < 4.78 is 4.61. The van der Waals surface area contributed by atoms with Gasteiger partial charge in [-0.3, -0.25) is 4.79 Å². The summed E-state index contributed by atoms with van der Waals surface area (Å²) in [7, 11) is 1.12. The molecule has 2 rings (SSSR count). The third-order valence-electron chi connectivity index (χ3n) is 3.20. The van der Waals surface area contributed by atoms with E-state index in [0.29, 0.717) is 5.69 Å². The van der Waals surface area contributed by atoms with Crippen LogP contribution in [0, 0.1) is 20.2 Å². The zero-order chi connectivity index (χ0) is 19.3. The van der Waals surface area contributed by atoms with E-state index >= 15 is 0 Å². The fourth-order valence-electron chi connectivity index (χ4n) is 2.01. The lowest BCUT2D eigenvalue weighted by molar-refractivity contribution is -0.403. The Bertz CT molecular complexity index is 818. The molecular weight excluding hydrogens is 352 g/mol. The highest BCUT2D eigenvalue weighted by Crippen LogP contribution is 2.18. The van der Waals surface area contributed by atoms with Gasteiger partial charge in [0.1, 0.15) is 6.04 Å². The average molecular weight is 364 g/mol. The summed E-state index contributed by atoms with van der Waals surface area (Å²) in [5.41, 5.74) is 0.129. The molecule has 0 saturated carbocycles. The molecule has 2 aromatic heterocycles. The summed E-state index contributed by atoms with van der Waals surface area (Å²) in [5, 5.41) is 24.0. The van der Waals surface area contributed by atoms with Crippen LogP contribution in [0.15, 0.2) is 24.7 Å². The second-order valence-corrected chi connectivity index (χ2v) is 4.92. The molecule has 2 N–H and O–H groups in total. The number of carbonyl (C=O) groups excluding carboxylic acids is 2. The van der Waals surface area contributed by atoms with E-state index < -0.39 is 45.0 Å². The molecule has 13 heteroatoms. The highest BCUT2D eigenvalue weighted by molar-refractivity contribution is 5.97. The van der Waals surface area contributed by atoms with Crippen molar-refractivity contribution < 1.29 is 24.2 Å². The van der Waals surface area contributed by atoms with Crippen LogP contribution in [0.25, 0.3) is 0 Å². The van der Waals surface area contributed by atoms with Crippen molar-refractivity contribution in [2.75, 3.05) is 7.11 Å². The van der Waals surface area contributed by atoms with E-state index in [1.54, 1.807) is 0 Å². The highest BCUT2D eigenvalue weighted by Gasteiger charge is 2.26. The molecule has 0 fully saturated rings. The van der Waals surface area contributed by atoms with Crippen LogP contribution in [0.2, 0.25) is 0 Å². The number of esters is 1. The quantitative estimate of drug-likeness (QED) is 0.391. The predicted octanol–water partition coefficient (Wildman–Crippen LogP) is 0.135. The van der Waals surface area contributed by atoms with Gasteiger partial charge in [0.15, 0.2) is 0 Å². The number of methoxy groups -OCH3 is 1. The van der Waals surface area contributed by atoms with Gasteiger partial charge >= 0.3 is 17.6 Å². The Morgan fingerprint density at radius 2 is 1.88 bits per heavy atom. The molecule has 0 aromatic carbocycles. The Morgan fingerprint density at radius 3 is 2.35 bits per heavy atom. The van der Waals surface area contributed by atoms with E-state index in [1.807, 2.05) is 0 Å². The molecule has 2 aromatic rings. The molecule has 0 aliphatic carbocycles. The van der Waals surface area contributed by atoms with Crippen LogP contribution in [-0.4, -0.2) is 49.8 Å². The molecule has 2 heterocycles. The Hall–Kier alpha value is -3.90. The van der Waals surface area contributed by atoms with E-state index in [0.717, 1.165) is 19.2 Å². The van der Waals surface area contributed by atoms with Gasteiger partial charge in [-0.05, 0) is 9.85 Å². The van der Waals surface area contributed by atoms with Gasteiger partial charge in [-0.2, -0.15) is 0 Å². The topological polar surface area (TPSA) is 183 Å². The molecule has 1 amide bonds. The van der Waals surface area contributed by atoms with Crippen molar-refractivity contribution in [3.63, 3.8) is 0 Å². The number of aromatic amines is 1. The first kappa shape index (κ1) is 18.4. The van der Waals surface area contributed by atoms with E-state index in [9.17, 15) is 29.8 Å². The third kappa shape index (κ3) is 4.34. The summed E-state index contributed by atoms with van der Waals surface area (Å²) in [6.07, 6.45) is 2.82. The highest BCUT2D eigenvalue weighted by atomic mass is 16.6. The monoisotopic (exact) mass is 364 g/mol. The molecule has 0 saturated heterocycles. The normalized spacial score (nSPS) is 11.4. The predicted molar refractivity (Wildman–Crippen MR) is 83.1 cm³/mol. The van der Waals surface area contributed by atoms with Gasteiger partial charge in [0, 0.05) is 35.4 Å². The molecule has 0 radical (unpaired) electrons. The number of nitrogens with one attached hydrogen (secondary N) is 2. The van der Waals surface area contributed by atoms with Crippen LogP contribution in [0.5, 0.6) is 0 Å². The smallest absolute Gasteiger partial charge is 0.369 e. The first-order valence-corrected chi connectivity index (χ1v) is 6.98. The summed E-state index contributed by atoms with van der Waals surface area (Å²) in [6.45, 7) is 0. The Morgan fingerprint density at radius 1 is 1.27 bits per heavy atom. The van der Waals surface area contributed by atoms with Gasteiger partial charge < -0.3 is 35.3 Å². The Kier molecular flexibility index (Phi) is 5.52. The van der Waals surface area contributed by atoms with Crippen LogP contribution in [0.3, 0.4) is 0 Å². The van der Waals surface area contributed by atoms with Gasteiger partial charge in [-0.1, -0.05) is 0 Å². The van der Waals surface area contributed by atoms with Crippen molar-refractivity contribution in [2.24, 2.45) is 0 Å². The van der Waals surface area contributed by atoms with Crippen LogP contribution in [0.4, 0.5) is 11.6 Å². The molecule has 0 bridgehead atoms. The molecule has 26 heavy (non-hydrogen) atoms. The number of carbonyl (C=O) groups is 2. The summed E-state index contributed by atoms with van der Waals surface area (Å²) in [5.74, 6) is -3.44. The first-order chi connectivity index (χ1) is 12.3. The summed E-state index contributed by atoms with van der Waals surface area (Å²) in [4.78, 5) is 53.7. The van der Waals surface area contributed by atoms with Crippen LogP contribution >= 0.6 is 0 Å². The maximum Gasteiger partial charge on any atom is 0.369 e. The van der Waals surface area contributed by atoms with Gasteiger partial charge in [0.25, 0.3) is 5.91 Å². The summed E-state index contributed by atoms with van der Waals surface area (Å²) >= 11 is 0. The van der Waals surface area contributed by atoms with Crippen LogP contribution in [-0.2, 0) is 16.0 Å². The maximum absolute atomic E-state index is 12.3. The van der Waals surface area contributed by atoms with Gasteiger partial charge in [0.05, 0.1) is 19.0 Å². The van der Waals surface area contributed by atoms with Crippen molar-refractivity contribution in [1.29, 1.82) is 0 Å². The van der Waals surface area contributed by atoms with E-state index in [1.165, 1.54) is 12.5 Å². The number of nitrogens with zero attached hydrogens (tertiary/aromatic N) is 4. The van der Waals surface area contributed by atoms with Crippen molar-refractivity contribution in [3.05, 3.63) is 56.1 Å². The standard InChI is InChI=1S/C13H12N6O7/c1-26-13(21)9(4-8-5-14-6-15-8)16-12(20)7-2-10(18(22)23)17-11(3-7)19(24)25/h2-3,5-6,9H,4H2,1H3,(H,14,15)(H,16,20)/t9-/m1/s1. The van der Waals surface area contributed by atoms with Crippen molar-refractivity contribution in [2.45, 2.75) is 12.5 Å². The molecule has 13 nitrogen and oxygen atoms in total. The minimum Gasteiger partial charge on any atom is -0.467 e. The van der Waals surface area contributed by atoms with E-state index in [2.05, 4.69) is 25.0 Å². The third-order valence-corrected chi connectivity index (χ3v) is 3.20. The molecule has 1 atom stereocenters. The Balaban J connectivity index is 2.29. The number of aromatic nitrogens is 3. The lowest BCUT2D eigenvalue weighted by Crippen LogP contribution is -2.43. The van der Waals surface area contributed by atoms with E-state index in [-0.39, 0.29) is 6.42 Å². The molecule has 0 spiro atoms. The largest absolute Gasteiger partial charge is 0.467 e. The first-order valence-electron chi connectivity index (χ1n) is 6.98. The SMILES string of the molecule is COC(=O)[C@@H](Cc1cnc[nH]1)NC(=O)c1cc([N+](=O)[O-])nc([N+](=O)[O-])c1. The average Bonchev–Trinajstić information content (AvgIpc) is 3.12. The number of pyridine rings is 1. The lowest BCUT2D eigenvalue weighted by Gasteiger charge is -2.15. The van der Waals surface area contributed by atoms with Crippen molar-refractivity contribution in [1.82, 2.24) is 20.3 Å². The molecule has 0 aliphatic heterocycles. The maximum atomic E-state index is 12.3. The molecule has 0 unspecified atom stereocenters. The molecular formula is C13H12N6O7. The van der Waals surface area contributed by atoms with Crippen molar-refractivity contribution in [3.8, 4) is 0 Å². The number of hydrogen-bond donors (Lipinski definition) is 2. The minimum atomic E-state index is -1.14. The Labute approximate surface area is 144 Å². The van der Waals surface area contributed by atoms with Crippen LogP contribution in [0.1, 0.15) is 16.1 Å². The van der Waals surface area contributed by atoms with Crippen LogP contribution < -0.4 is 5.32 Å². The second kappa shape index (κ2) is 7.78. The van der Waals surface area contributed by atoms with Gasteiger partial charge in [-0.15, -0.1) is 0 Å². The van der Waals surface area contributed by atoms with E-state index in [4.69, 9.17) is 0 Å². The number of rotatable bonds is 7. The fraction of sp³-hybridized carbons (Fsp3) is 0.231. The number of amides is 1. The van der Waals surface area contributed by atoms with Gasteiger partial charge in [-0.25, -0.2) is 9.78 Å². The lowest BCUT2D eigenvalue weighted by atomic mass is 10.1. The van der Waals surface area contributed by atoms with Crippen molar-refractivity contribution >= 4 is 23.5 Å². The number of imidazole rings is 1. The molecule has 136 valence electrons. The second-order valence-electron chi connectivity index (χ2n) is 4.92. The fourth-order valence-corrected chi connectivity index (χ4v) is 2.01. The van der Waals surface area contributed by atoms with Gasteiger partial charge in [0.2, 0.25) is 0 Å². The number of H-pyrrole nitrogens is 1. The molecule has 0 aliphatic rings. The number of nitro groups is 2.